The van der Waals surface area contributed by atoms with Crippen molar-refractivity contribution in [2.24, 2.45) is 0 Å². The number of nitrogens with one attached hydrogen (secondary N) is 1. The minimum Gasteiger partial charge on any atom is -0.467 e. The average molecular weight is 450 g/mol. The van der Waals surface area contributed by atoms with Crippen LogP contribution in [0.5, 0.6) is 0 Å². The van der Waals surface area contributed by atoms with Crippen LogP contribution in [0.1, 0.15) is 16.9 Å². The summed E-state index contributed by atoms with van der Waals surface area (Å²) in [5.41, 5.74) is 2.76. The van der Waals surface area contributed by atoms with Crippen molar-refractivity contribution in [1.29, 1.82) is 5.26 Å². The predicted octanol–water partition coefficient (Wildman–Crippen LogP) is 5.81. The number of benzene rings is 2. The summed E-state index contributed by atoms with van der Waals surface area (Å²) >= 11 is 12.2. The number of hydrogen-bond acceptors (Lipinski definition) is 3. The van der Waals surface area contributed by atoms with Gasteiger partial charge in [-0.05, 0) is 42.0 Å². The Hall–Kier alpha value is -3.46. The van der Waals surface area contributed by atoms with E-state index in [0.717, 1.165) is 22.0 Å². The second kappa shape index (κ2) is 9.13. The maximum atomic E-state index is 12.5. The Balaban J connectivity index is 1.64. The molecule has 2 aromatic heterocycles. The quantitative estimate of drug-likeness (QED) is 0.298. The molecule has 7 heteroatoms. The van der Waals surface area contributed by atoms with Crippen LogP contribution in [0.2, 0.25) is 10.0 Å². The van der Waals surface area contributed by atoms with Crippen LogP contribution in [0, 0.1) is 11.3 Å². The Kier molecular flexibility index (Phi) is 6.13. The molecule has 0 aliphatic rings. The van der Waals surface area contributed by atoms with Crippen molar-refractivity contribution in [3.63, 3.8) is 0 Å². The van der Waals surface area contributed by atoms with Gasteiger partial charge in [0.05, 0.1) is 22.9 Å². The van der Waals surface area contributed by atoms with Crippen LogP contribution in [0.3, 0.4) is 0 Å². The zero-order chi connectivity index (χ0) is 21.8. The van der Waals surface area contributed by atoms with Gasteiger partial charge in [-0.15, -0.1) is 0 Å². The molecule has 0 spiro atoms. The Labute approximate surface area is 189 Å². The summed E-state index contributed by atoms with van der Waals surface area (Å²) in [6, 6.07) is 18.8. The Morgan fingerprint density at radius 1 is 1.13 bits per heavy atom. The lowest BCUT2D eigenvalue weighted by atomic mass is 10.1. The normalized spacial score (nSPS) is 11.5. The molecule has 2 aromatic carbocycles. The van der Waals surface area contributed by atoms with Gasteiger partial charge in [-0.3, -0.25) is 4.79 Å². The summed E-state index contributed by atoms with van der Waals surface area (Å²) in [6.45, 7) is 0.780. The number of amides is 1. The molecule has 0 saturated heterocycles. The molecule has 0 bridgehead atoms. The highest BCUT2D eigenvalue weighted by Crippen LogP contribution is 2.27. The van der Waals surface area contributed by atoms with Crippen LogP contribution in [0.4, 0.5) is 0 Å². The van der Waals surface area contributed by atoms with E-state index in [4.69, 9.17) is 27.6 Å². The van der Waals surface area contributed by atoms with Gasteiger partial charge in [0.1, 0.15) is 17.4 Å². The zero-order valence-corrected chi connectivity index (χ0v) is 17.8. The van der Waals surface area contributed by atoms with E-state index in [1.165, 1.54) is 6.26 Å². The molecule has 2 heterocycles. The average Bonchev–Trinajstić information content (AvgIpc) is 3.41. The van der Waals surface area contributed by atoms with Crippen LogP contribution >= 0.6 is 23.2 Å². The molecular formula is C24H17Cl2N3O2. The van der Waals surface area contributed by atoms with Crippen molar-refractivity contribution in [3.05, 3.63) is 99.6 Å². The topological polar surface area (TPSA) is 71.0 Å². The maximum Gasteiger partial charge on any atom is 0.262 e. The molecule has 0 atom stereocenters. The molecular weight excluding hydrogens is 433 g/mol. The number of fused-ring (bicyclic) bond motifs is 1. The van der Waals surface area contributed by atoms with Gasteiger partial charge in [-0.2, -0.15) is 5.26 Å². The second-order valence-corrected chi connectivity index (χ2v) is 7.72. The summed E-state index contributed by atoms with van der Waals surface area (Å²) in [4.78, 5) is 12.5. The van der Waals surface area contributed by atoms with Crippen molar-refractivity contribution in [2.75, 3.05) is 0 Å². The molecule has 4 aromatic rings. The molecule has 1 N–H and O–H groups in total. The lowest BCUT2D eigenvalue weighted by molar-refractivity contribution is -0.117. The van der Waals surface area contributed by atoms with E-state index >= 15 is 0 Å². The zero-order valence-electron chi connectivity index (χ0n) is 16.3. The lowest BCUT2D eigenvalue weighted by Gasteiger charge is -2.06. The molecule has 0 unspecified atom stereocenters. The van der Waals surface area contributed by atoms with Gasteiger partial charge in [-0.25, -0.2) is 0 Å². The molecule has 0 fully saturated rings. The van der Waals surface area contributed by atoms with E-state index in [-0.39, 0.29) is 12.1 Å². The first kappa shape index (κ1) is 20.8. The molecule has 0 aliphatic heterocycles. The van der Waals surface area contributed by atoms with E-state index in [1.807, 2.05) is 48.7 Å². The van der Waals surface area contributed by atoms with Gasteiger partial charge >= 0.3 is 0 Å². The number of halogens is 2. The maximum absolute atomic E-state index is 12.5. The fourth-order valence-electron chi connectivity index (χ4n) is 3.34. The third kappa shape index (κ3) is 4.66. The smallest absolute Gasteiger partial charge is 0.262 e. The van der Waals surface area contributed by atoms with Gasteiger partial charge < -0.3 is 14.3 Å². The SMILES string of the molecule is N#C/C(=C/c1cn(Cc2ccc(Cl)c(Cl)c2)c2ccccc12)C(=O)NCc1ccco1. The predicted molar refractivity (Wildman–Crippen MR) is 122 cm³/mol. The Bertz CT molecular complexity index is 1310. The summed E-state index contributed by atoms with van der Waals surface area (Å²) in [5.74, 6) is 0.157. The number of nitriles is 1. The number of para-hydroxylation sites is 1. The first-order valence-electron chi connectivity index (χ1n) is 9.49. The van der Waals surface area contributed by atoms with Crippen molar-refractivity contribution in [1.82, 2.24) is 9.88 Å². The summed E-state index contributed by atoms with van der Waals surface area (Å²) in [5, 5.41) is 14.2. The van der Waals surface area contributed by atoms with Gasteiger partial charge in [0.2, 0.25) is 0 Å². The fourth-order valence-corrected chi connectivity index (χ4v) is 3.66. The van der Waals surface area contributed by atoms with Crippen molar-refractivity contribution in [3.8, 4) is 6.07 Å². The molecule has 0 aliphatic carbocycles. The summed E-state index contributed by atoms with van der Waals surface area (Å²) in [7, 11) is 0. The van der Waals surface area contributed by atoms with Crippen LogP contribution in [-0.4, -0.2) is 10.5 Å². The van der Waals surface area contributed by atoms with Gasteiger partial charge in [-0.1, -0.05) is 47.5 Å². The van der Waals surface area contributed by atoms with Gasteiger partial charge in [0.25, 0.3) is 5.91 Å². The first-order valence-corrected chi connectivity index (χ1v) is 10.2. The van der Waals surface area contributed by atoms with Crippen LogP contribution in [0.15, 0.2) is 77.0 Å². The number of rotatable bonds is 6. The molecule has 154 valence electrons. The number of carbonyl (C=O) groups is 1. The van der Waals surface area contributed by atoms with Crippen LogP contribution in [0.25, 0.3) is 17.0 Å². The first-order chi connectivity index (χ1) is 15.0. The number of hydrogen-bond donors (Lipinski definition) is 1. The lowest BCUT2D eigenvalue weighted by Crippen LogP contribution is -2.23. The standard InChI is InChI=1S/C24H17Cl2N3O2/c25-21-8-7-16(10-22(21)26)14-29-15-18(20-5-1-2-6-23(20)29)11-17(12-27)24(30)28-13-19-4-3-9-31-19/h1-11,15H,13-14H2,(H,28,30)/b17-11-. The second-order valence-electron chi connectivity index (χ2n) is 6.91. The van der Waals surface area contributed by atoms with Crippen molar-refractivity contribution in [2.45, 2.75) is 13.1 Å². The van der Waals surface area contributed by atoms with Crippen LogP contribution < -0.4 is 5.32 Å². The third-order valence-electron chi connectivity index (χ3n) is 4.82. The highest BCUT2D eigenvalue weighted by molar-refractivity contribution is 6.42. The minimum atomic E-state index is -0.458. The molecule has 0 radical (unpaired) electrons. The number of carbonyl (C=O) groups excluding carboxylic acids is 1. The number of nitrogens with zero attached hydrogens (tertiary/aromatic N) is 2. The summed E-state index contributed by atoms with van der Waals surface area (Å²) in [6.07, 6.45) is 5.06. The van der Waals surface area contributed by atoms with E-state index in [9.17, 15) is 10.1 Å². The largest absolute Gasteiger partial charge is 0.467 e. The van der Waals surface area contributed by atoms with E-state index in [2.05, 4.69) is 9.88 Å². The highest BCUT2D eigenvalue weighted by Gasteiger charge is 2.13. The molecule has 4 rings (SSSR count). The molecule has 5 nitrogen and oxygen atoms in total. The monoisotopic (exact) mass is 449 g/mol. The third-order valence-corrected chi connectivity index (χ3v) is 5.56. The highest BCUT2D eigenvalue weighted by atomic mass is 35.5. The minimum absolute atomic E-state index is 0.0176. The van der Waals surface area contributed by atoms with Gasteiger partial charge in [0, 0.05) is 29.2 Å². The van der Waals surface area contributed by atoms with E-state index in [0.29, 0.717) is 22.4 Å². The molecule has 1 amide bonds. The number of aromatic nitrogens is 1. The van der Waals surface area contributed by atoms with Crippen LogP contribution in [-0.2, 0) is 17.9 Å². The Morgan fingerprint density at radius 2 is 1.97 bits per heavy atom. The van der Waals surface area contributed by atoms with E-state index < -0.39 is 5.91 Å². The molecule has 0 saturated carbocycles. The molecule has 31 heavy (non-hydrogen) atoms. The fraction of sp³-hybridized carbons (Fsp3) is 0.0833. The van der Waals surface area contributed by atoms with Crippen molar-refractivity contribution >= 4 is 46.1 Å². The number of furan rings is 1. The van der Waals surface area contributed by atoms with Crippen molar-refractivity contribution < 1.29 is 9.21 Å². The summed E-state index contributed by atoms with van der Waals surface area (Å²) < 4.78 is 7.26. The van der Waals surface area contributed by atoms with Gasteiger partial charge in [0.15, 0.2) is 0 Å². The Morgan fingerprint density at radius 3 is 2.71 bits per heavy atom. The van der Waals surface area contributed by atoms with E-state index in [1.54, 1.807) is 24.3 Å².